The van der Waals surface area contributed by atoms with Crippen molar-refractivity contribution in [3.05, 3.63) is 18.0 Å². The molecule has 0 aromatic carbocycles. The Labute approximate surface area is 77.4 Å². The molecule has 1 heterocycles. The van der Waals surface area contributed by atoms with E-state index in [1.807, 2.05) is 19.3 Å². The molecule has 0 spiro atoms. The van der Waals surface area contributed by atoms with E-state index in [1.165, 1.54) is 0 Å². The summed E-state index contributed by atoms with van der Waals surface area (Å²) in [5.41, 5.74) is 5.41. The van der Waals surface area contributed by atoms with Gasteiger partial charge in [-0.15, -0.1) is 0 Å². The molecule has 2 rings (SSSR count). The molecule has 4 nitrogen and oxygen atoms in total. The molecule has 0 radical (unpaired) electrons. The third-order valence-electron chi connectivity index (χ3n) is 2.72. The van der Waals surface area contributed by atoms with Crippen LogP contribution in [0.3, 0.4) is 0 Å². The van der Waals surface area contributed by atoms with Gasteiger partial charge in [0.25, 0.3) is 0 Å². The second-order valence-electron chi connectivity index (χ2n) is 3.78. The quantitative estimate of drug-likeness (QED) is 0.688. The Kier molecular flexibility index (Phi) is 1.89. The van der Waals surface area contributed by atoms with Crippen LogP contribution in [-0.2, 0) is 12.6 Å². The number of aromatic nitrogens is 2. The van der Waals surface area contributed by atoms with E-state index in [1.54, 1.807) is 4.68 Å². The molecule has 4 heteroatoms. The normalized spacial score (nSPS) is 21.5. The van der Waals surface area contributed by atoms with Crippen molar-refractivity contribution in [1.29, 1.82) is 0 Å². The highest BCUT2D eigenvalue weighted by molar-refractivity contribution is 5.15. The van der Waals surface area contributed by atoms with Crippen molar-refractivity contribution >= 4 is 0 Å². The number of hydrogen-bond acceptors (Lipinski definition) is 3. The highest BCUT2D eigenvalue weighted by Crippen LogP contribution is 2.44. The molecular formula is C9H15N3O. The topological polar surface area (TPSA) is 64.1 Å². The van der Waals surface area contributed by atoms with Gasteiger partial charge in [0, 0.05) is 19.8 Å². The van der Waals surface area contributed by atoms with E-state index in [-0.39, 0.29) is 6.54 Å². The lowest BCUT2D eigenvalue weighted by Crippen LogP contribution is -2.37. The van der Waals surface area contributed by atoms with Crippen LogP contribution in [0.2, 0.25) is 0 Å². The number of nitrogens with two attached hydrogens (primary N) is 1. The third-order valence-corrected chi connectivity index (χ3v) is 2.72. The molecule has 0 saturated heterocycles. The average molecular weight is 181 g/mol. The molecule has 0 bridgehead atoms. The van der Waals surface area contributed by atoms with Gasteiger partial charge in [-0.2, -0.15) is 5.10 Å². The monoisotopic (exact) mass is 181 g/mol. The zero-order valence-electron chi connectivity index (χ0n) is 7.77. The maximum atomic E-state index is 10.2. The molecule has 1 unspecified atom stereocenters. The van der Waals surface area contributed by atoms with Crippen molar-refractivity contribution in [2.45, 2.75) is 18.4 Å². The number of hydrogen-bond donors (Lipinski definition) is 2. The molecule has 3 N–H and O–H groups in total. The Balaban J connectivity index is 2.29. The van der Waals surface area contributed by atoms with E-state index < -0.39 is 5.60 Å². The van der Waals surface area contributed by atoms with Crippen LogP contribution in [0, 0.1) is 5.92 Å². The van der Waals surface area contributed by atoms with Crippen molar-refractivity contribution in [1.82, 2.24) is 9.78 Å². The molecule has 0 amide bonds. The fourth-order valence-electron chi connectivity index (χ4n) is 1.69. The standard InChI is InChI=1S/C9H15N3O/c1-12-5-4-8(11-12)9(13,6-10)7-2-3-7/h4-5,7,13H,2-3,6,10H2,1H3. The number of aliphatic hydroxyl groups is 1. The minimum absolute atomic E-state index is 0.259. The van der Waals surface area contributed by atoms with Gasteiger partial charge in [0.15, 0.2) is 0 Å². The van der Waals surface area contributed by atoms with Crippen molar-refractivity contribution in [3.8, 4) is 0 Å². The number of rotatable bonds is 3. The molecule has 1 aliphatic carbocycles. The van der Waals surface area contributed by atoms with Crippen LogP contribution in [0.5, 0.6) is 0 Å². The minimum atomic E-state index is -0.888. The van der Waals surface area contributed by atoms with Crippen molar-refractivity contribution in [2.75, 3.05) is 6.54 Å². The van der Waals surface area contributed by atoms with Crippen LogP contribution in [0.15, 0.2) is 12.3 Å². The summed E-state index contributed by atoms with van der Waals surface area (Å²) in [6.07, 6.45) is 3.95. The van der Waals surface area contributed by atoms with Crippen molar-refractivity contribution < 1.29 is 5.11 Å². The first-order valence-corrected chi connectivity index (χ1v) is 4.59. The zero-order chi connectivity index (χ0) is 9.47. The summed E-state index contributed by atoms with van der Waals surface area (Å²) in [4.78, 5) is 0. The summed E-state index contributed by atoms with van der Waals surface area (Å²) >= 11 is 0. The molecule has 1 aromatic rings. The Morgan fingerprint density at radius 1 is 1.77 bits per heavy atom. The van der Waals surface area contributed by atoms with Gasteiger partial charge in [0.1, 0.15) is 5.60 Å². The van der Waals surface area contributed by atoms with E-state index >= 15 is 0 Å². The van der Waals surface area contributed by atoms with E-state index in [0.29, 0.717) is 11.6 Å². The number of nitrogens with zero attached hydrogens (tertiary/aromatic N) is 2. The van der Waals surface area contributed by atoms with Gasteiger partial charge in [0.2, 0.25) is 0 Å². The molecule has 1 aromatic heterocycles. The molecular weight excluding hydrogens is 166 g/mol. The molecule has 13 heavy (non-hydrogen) atoms. The molecule has 72 valence electrons. The molecule has 1 saturated carbocycles. The summed E-state index contributed by atoms with van der Waals surface area (Å²) in [5.74, 6) is 0.312. The lowest BCUT2D eigenvalue weighted by atomic mass is 9.94. The highest BCUT2D eigenvalue weighted by atomic mass is 16.3. The van der Waals surface area contributed by atoms with Crippen LogP contribution < -0.4 is 5.73 Å². The van der Waals surface area contributed by atoms with E-state index in [2.05, 4.69) is 5.10 Å². The molecule has 1 aliphatic rings. The Bertz CT molecular complexity index is 306. The largest absolute Gasteiger partial charge is 0.382 e. The lowest BCUT2D eigenvalue weighted by molar-refractivity contribution is 0.0174. The summed E-state index contributed by atoms with van der Waals surface area (Å²) in [5, 5.41) is 14.4. The summed E-state index contributed by atoms with van der Waals surface area (Å²) in [7, 11) is 1.84. The second kappa shape index (κ2) is 2.82. The fraction of sp³-hybridized carbons (Fsp3) is 0.667. The summed E-state index contributed by atoms with van der Waals surface area (Å²) in [6, 6.07) is 1.84. The highest BCUT2D eigenvalue weighted by Gasteiger charge is 2.45. The van der Waals surface area contributed by atoms with Crippen LogP contribution in [0.25, 0.3) is 0 Å². The summed E-state index contributed by atoms with van der Waals surface area (Å²) in [6.45, 7) is 0.259. The molecule has 1 atom stereocenters. The first-order valence-electron chi connectivity index (χ1n) is 4.59. The van der Waals surface area contributed by atoms with Gasteiger partial charge < -0.3 is 10.8 Å². The lowest BCUT2D eigenvalue weighted by Gasteiger charge is -2.23. The molecule has 0 aliphatic heterocycles. The summed E-state index contributed by atoms with van der Waals surface area (Å²) < 4.78 is 1.69. The third kappa shape index (κ3) is 1.36. The van der Waals surface area contributed by atoms with Gasteiger partial charge in [-0.25, -0.2) is 0 Å². The van der Waals surface area contributed by atoms with Crippen molar-refractivity contribution in [3.63, 3.8) is 0 Å². The minimum Gasteiger partial charge on any atom is -0.382 e. The number of aryl methyl sites for hydroxylation is 1. The SMILES string of the molecule is Cn1ccc(C(O)(CN)C2CC2)n1. The Morgan fingerprint density at radius 3 is 2.85 bits per heavy atom. The first kappa shape index (κ1) is 8.72. The van der Waals surface area contributed by atoms with Gasteiger partial charge in [-0.1, -0.05) is 0 Å². The maximum Gasteiger partial charge on any atom is 0.123 e. The Hall–Kier alpha value is -0.870. The van der Waals surface area contributed by atoms with Crippen molar-refractivity contribution in [2.24, 2.45) is 18.7 Å². The average Bonchev–Trinajstić information content (AvgIpc) is 2.89. The Morgan fingerprint density at radius 2 is 2.46 bits per heavy atom. The van der Waals surface area contributed by atoms with Gasteiger partial charge >= 0.3 is 0 Å². The van der Waals surface area contributed by atoms with Gasteiger partial charge in [0.05, 0.1) is 5.69 Å². The first-order chi connectivity index (χ1) is 6.16. The molecule has 1 fully saturated rings. The van der Waals surface area contributed by atoms with E-state index in [4.69, 9.17) is 5.73 Å². The predicted octanol–water partition coefficient (Wildman–Crippen LogP) is -0.0236. The smallest absolute Gasteiger partial charge is 0.123 e. The zero-order valence-corrected chi connectivity index (χ0v) is 7.77. The van der Waals surface area contributed by atoms with Crippen LogP contribution in [-0.4, -0.2) is 21.4 Å². The second-order valence-corrected chi connectivity index (χ2v) is 3.78. The predicted molar refractivity (Wildman–Crippen MR) is 48.9 cm³/mol. The van der Waals surface area contributed by atoms with Gasteiger partial charge in [-0.05, 0) is 24.8 Å². The maximum absolute atomic E-state index is 10.2. The van der Waals surface area contributed by atoms with E-state index in [9.17, 15) is 5.11 Å². The van der Waals surface area contributed by atoms with E-state index in [0.717, 1.165) is 12.8 Å². The van der Waals surface area contributed by atoms with Crippen LogP contribution >= 0.6 is 0 Å². The van der Waals surface area contributed by atoms with Gasteiger partial charge in [-0.3, -0.25) is 4.68 Å². The fourth-order valence-corrected chi connectivity index (χ4v) is 1.69. The van der Waals surface area contributed by atoms with Crippen LogP contribution in [0.4, 0.5) is 0 Å². The van der Waals surface area contributed by atoms with Crippen LogP contribution in [0.1, 0.15) is 18.5 Å².